The summed E-state index contributed by atoms with van der Waals surface area (Å²) in [4.78, 5) is -0.417. The molecule has 4 aromatic rings. The summed E-state index contributed by atoms with van der Waals surface area (Å²) in [5, 5.41) is 21.9. The van der Waals surface area contributed by atoms with E-state index in [1.165, 1.54) is 126 Å². The monoisotopic (exact) mass is 878 g/mol. The van der Waals surface area contributed by atoms with E-state index in [0.29, 0.717) is 41.2 Å². The maximum Gasteiger partial charge on any atom is 2.00 e. The zero-order valence-electron chi connectivity index (χ0n) is 34.9. The molecule has 0 atom stereocenters. The first-order valence-corrected chi connectivity index (χ1v) is 23.8. The molecule has 2 N–H and O–H groups in total. The van der Waals surface area contributed by atoms with Gasteiger partial charge in [0.25, 0.3) is 10.1 Å². The Bertz CT molecular complexity index is 1870. The van der Waals surface area contributed by atoms with Gasteiger partial charge in [-0.3, -0.25) is 4.55 Å². The van der Waals surface area contributed by atoms with E-state index in [1.807, 2.05) is 0 Å². The van der Waals surface area contributed by atoms with Crippen LogP contribution in [-0.2, 0) is 33.1 Å². The predicted molar refractivity (Wildman–Crippen MR) is 232 cm³/mol. The van der Waals surface area contributed by atoms with Crippen molar-refractivity contribution in [1.29, 1.82) is 0 Å². The van der Waals surface area contributed by atoms with E-state index in [-0.39, 0.29) is 64.8 Å². The fourth-order valence-corrected chi connectivity index (χ4v) is 7.64. The average Bonchev–Trinajstić information content (AvgIpc) is 3.18. The van der Waals surface area contributed by atoms with Gasteiger partial charge in [-0.25, -0.2) is 8.42 Å². The second-order valence-corrected chi connectivity index (χ2v) is 17.5. The molecule has 0 aromatic heterocycles. The van der Waals surface area contributed by atoms with E-state index < -0.39 is 20.2 Å². The van der Waals surface area contributed by atoms with Gasteiger partial charge in [-0.1, -0.05) is 153 Å². The summed E-state index contributed by atoms with van der Waals surface area (Å²) in [5.41, 5.74) is 1.33. The van der Waals surface area contributed by atoms with Gasteiger partial charge in [0.1, 0.15) is 27.4 Å². The van der Waals surface area contributed by atoms with Crippen LogP contribution in [0, 0.1) is 0 Å². The number of unbranched alkanes of at least 4 members (excludes halogenated alkanes) is 16. The van der Waals surface area contributed by atoms with Gasteiger partial charge in [0.2, 0.25) is 0 Å². The molecule has 0 spiro atoms. The van der Waals surface area contributed by atoms with Crippen molar-refractivity contribution in [3.63, 3.8) is 0 Å². The van der Waals surface area contributed by atoms with Gasteiger partial charge in [-0.2, -0.15) is 8.42 Å². The van der Waals surface area contributed by atoms with Gasteiger partial charge < -0.3 is 24.2 Å². The van der Waals surface area contributed by atoms with Crippen LogP contribution in [0.1, 0.15) is 141 Å². The third kappa shape index (κ3) is 20.5. The Morgan fingerprint density at radius 2 is 0.898 bits per heavy atom. The summed E-state index contributed by atoms with van der Waals surface area (Å²) in [6.45, 7) is 4.43. The van der Waals surface area contributed by atoms with Gasteiger partial charge in [0, 0.05) is 0 Å². The minimum atomic E-state index is -4.54. The molecule has 0 aliphatic heterocycles. The van der Waals surface area contributed by atoms with Crippen molar-refractivity contribution >= 4 is 58.0 Å². The van der Waals surface area contributed by atoms with E-state index in [0.717, 1.165) is 38.5 Å². The second-order valence-electron chi connectivity index (χ2n) is 14.7. The Morgan fingerprint density at radius 3 is 1.34 bits per heavy atom. The van der Waals surface area contributed by atoms with Gasteiger partial charge in [-0.05, 0) is 91.4 Å². The number of hydrogen-bond donors (Lipinski definition) is 2. The molecule has 0 aliphatic carbocycles. The standard InChI is InChI=1S/2C23H32O5S.Ca/c2*1-2-3-4-5-6-7-8-9-10-13-19-18-20(29(25,26)27)16-17-22(19)28-23-15-12-11-14-21(23)24;/h2*11-12,14-18,24H,2-10,13H2,1H3,(H,25,26,27);/q;;+2/p-2. The van der Waals surface area contributed by atoms with Crippen LogP contribution in [0.5, 0.6) is 34.5 Å². The van der Waals surface area contributed by atoms with Crippen LogP contribution < -0.4 is 14.6 Å². The number of phenols is 1. The quantitative estimate of drug-likeness (QED) is 0.0351. The average molecular weight is 879 g/mol. The number of phenolic OH excluding ortho intramolecular Hbond substituents is 1. The molecule has 0 heterocycles. The van der Waals surface area contributed by atoms with Crippen LogP contribution in [0.15, 0.2) is 94.7 Å². The minimum Gasteiger partial charge on any atom is -0.870 e. The van der Waals surface area contributed by atoms with Crippen LogP contribution in [0.2, 0.25) is 0 Å². The van der Waals surface area contributed by atoms with Crippen molar-refractivity contribution in [3.8, 4) is 34.5 Å². The van der Waals surface area contributed by atoms with Crippen LogP contribution >= 0.6 is 0 Å². The number of benzene rings is 4. The first-order chi connectivity index (χ1) is 27.8. The van der Waals surface area contributed by atoms with E-state index in [1.54, 1.807) is 36.4 Å². The van der Waals surface area contributed by atoms with Crippen molar-refractivity contribution in [2.75, 3.05) is 0 Å². The zero-order valence-corrected chi connectivity index (χ0v) is 38.8. The normalized spacial score (nSPS) is 11.3. The Morgan fingerprint density at radius 1 is 0.508 bits per heavy atom. The molecule has 4 rings (SSSR count). The molecule has 10 nitrogen and oxygen atoms in total. The van der Waals surface area contributed by atoms with Crippen LogP contribution in [0.4, 0.5) is 0 Å². The van der Waals surface area contributed by atoms with Crippen LogP contribution in [0.3, 0.4) is 0 Å². The van der Waals surface area contributed by atoms with Crippen molar-refractivity contribution in [2.45, 2.75) is 152 Å². The summed E-state index contributed by atoms with van der Waals surface area (Å²) >= 11 is 0. The first-order valence-electron chi connectivity index (χ1n) is 20.9. The van der Waals surface area contributed by atoms with E-state index in [4.69, 9.17) is 9.47 Å². The fourth-order valence-electron chi connectivity index (χ4n) is 6.58. The number of rotatable bonds is 26. The molecule has 0 radical (unpaired) electrons. The zero-order chi connectivity index (χ0) is 42.2. The summed E-state index contributed by atoms with van der Waals surface area (Å²) in [7, 11) is -8.82. The third-order valence-corrected chi connectivity index (χ3v) is 11.6. The Balaban J connectivity index is 0.000000400. The maximum atomic E-state index is 11.9. The molecule has 13 heteroatoms. The van der Waals surface area contributed by atoms with Gasteiger partial charge in [-0.15, -0.1) is 0 Å². The van der Waals surface area contributed by atoms with Crippen molar-refractivity contribution in [1.82, 2.24) is 0 Å². The number of hydrogen-bond acceptors (Lipinski definition) is 9. The van der Waals surface area contributed by atoms with Crippen molar-refractivity contribution < 1.29 is 45.6 Å². The summed E-state index contributed by atoms with van der Waals surface area (Å²) in [5.74, 6) is 1.15. The summed E-state index contributed by atoms with van der Waals surface area (Å²) < 4.78 is 78.1. The topological polar surface area (TPSA) is 173 Å². The predicted octanol–water partition coefficient (Wildman–Crippen LogP) is 11.7. The SMILES string of the molecule is CCCCCCCCCCCc1cc(S(=O)(=O)O)ccc1Oc1ccccc1O.CCCCCCCCCCCc1cc(S(=O)(=O)[O-])ccc1Oc1ccccc1[O-].[Ca+2]. The molecular weight excluding hydrogens is 817 g/mol. The molecule has 0 saturated heterocycles. The minimum absolute atomic E-state index is 0. The Hall–Kier alpha value is -2.84. The van der Waals surface area contributed by atoms with E-state index in [9.17, 15) is 36.2 Å². The number of para-hydroxylation sites is 4. The van der Waals surface area contributed by atoms with Gasteiger partial charge in [0.15, 0.2) is 11.5 Å². The van der Waals surface area contributed by atoms with Gasteiger partial charge in [0.05, 0.1) is 9.79 Å². The molecule has 59 heavy (non-hydrogen) atoms. The number of aromatic hydroxyl groups is 1. The molecule has 0 amide bonds. The molecule has 0 saturated carbocycles. The smallest absolute Gasteiger partial charge is 0.870 e. The van der Waals surface area contributed by atoms with E-state index >= 15 is 0 Å². The third-order valence-electron chi connectivity index (χ3n) is 9.90. The summed E-state index contributed by atoms with van der Waals surface area (Å²) in [6.07, 6.45) is 22.6. The fraction of sp³-hybridized carbons (Fsp3) is 0.478. The van der Waals surface area contributed by atoms with Crippen molar-refractivity contribution in [2.24, 2.45) is 0 Å². The van der Waals surface area contributed by atoms with Gasteiger partial charge >= 0.3 is 37.7 Å². The molecule has 320 valence electrons. The Kier molecular flexibility index (Phi) is 25.4. The second kappa shape index (κ2) is 28.6. The largest absolute Gasteiger partial charge is 2.00 e. The molecule has 0 unspecified atom stereocenters. The van der Waals surface area contributed by atoms with Crippen LogP contribution in [-0.4, -0.2) is 68.8 Å². The molecule has 0 bridgehead atoms. The molecule has 0 fully saturated rings. The molecular formula is C46H62CaO10S2. The number of aryl methyl sites for hydroxylation is 2. The van der Waals surface area contributed by atoms with Crippen molar-refractivity contribution in [3.05, 3.63) is 96.1 Å². The summed E-state index contributed by atoms with van der Waals surface area (Å²) in [6, 6.07) is 21.3. The van der Waals surface area contributed by atoms with Crippen LogP contribution in [0.25, 0.3) is 0 Å². The number of ether oxygens (including phenoxy) is 2. The maximum absolute atomic E-state index is 11.9. The molecule has 0 aliphatic rings. The molecule has 4 aromatic carbocycles. The first kappa shape index (κ1) is 52.3. The Labute approximate surface area is 383 Å². The van der Waals surface area contributed by atoms with E-state index in [2.05, 4.69) is 13.8 Å².